The van der Waals surface area contributed by atoms with E-state index in [1.54, 1.807) is 41.7 Å². The minimum Gasteiger partial charge on any atom is -0.367 e. The molecule has 0 bridgehead atoms. The van der Waals surface area contributed by atoms with Crippen molar-refractivity contribution in [1.82, 2.24) is 25.1 Å². The largest absolute Gasteiger partial charge is 0.390 e. The lowest BCUT2D eigenvalue weighted by atomic mass is 10.1. The Balaban J connectivity index is 1.29. The molecule has 3 amide bonds. The molecule has 0 atom stereocenters. The summed E-state index contributed by atoms with van der Waals surface area (Å²) in [5.41, 5.74) is 1.31. The highest BCUT2D eigenvalue weighted by Crippen LogP contribution is 2.31. The van der Waals surface area contributed by atoms with Gasteiger partial charge in [-0.3, -0.25) is 9.69 Å². The molecule has 226 valence electrons. The second kappa shape index (κ2) is 14.4. The van der Waals surface area contributed by atoms with Gasteiger partial charge in [0.2, 0.25) is 0 Å². The molecule has 1 aromatic heterocycles. The number of alkyl halides is 3. The van der Waals surface area contributed by atoms with Gasteiger partial charge in [-0.05, 0) is 42.3 Å². The summed E-state index contributed by atoms with van der Waals surface area (Å²) >= 11 is 6.20. The summed E-state index contributed by atoms with van der Waals surface area (Å²) < 4.78 is 54.6. The van der Waals surface area contributed by atoms with Crippen molar-refractivity contribution < 1.29 is 27.2 Å². The van der Waals surface area contributed by atoms with Crippen LogP contribution in [0.15, 0.2) is 55.1 Å². The Labute approximate surface area is 245 Å². The first-order valence-corrected chi connectivity index (χ1v) is 13.9. The molecule has 3 aromatic rings. The number of aryl methyl sites for hydroxylation is 1. The molecule has 14 heteroatoms. The normalized spacial score (nSPS) is 14.1. The summed E-state index contributed by atoms with van der Waals surface area (Å²) in [6.07, 6.45) is 0.859. The second-order valence-electron chi connectivity index (χ2n) is 9.89. The van der Waals surface area contributed by atoms with Gasteiger partial charge in [0.15, 0.2) is 0 Å². The van der Waals surface area contributed by atoms with E-state index in [9.17, 15) is 27.2 Å². The number of urea groups is 1. The molecular weight excluding hydrogens is 578 g/mol. The number of aromatic nitrogens is 2. The van der Waals surface area contributed by atoms with Crippen LogP contribution < -0.4 is 20.9 Å². The summed E-state index contributed by atoms with van der Waals surface area (Å²) in [6, 6.07) is 8.57. The van der Waals surface area contributed by atoms with Crippen molar-refractivity contribution in [2.45, 2.75) is 32.1 Å². The molecular formula is C28H32ClF4N7O2. The standard InChI is InChI=1S/C28H32ClF4N7O2/c29-21-3-5-24(25(17-21)40-14-12-38(13-15-40)10-6-28(31,32)33)37-26(41)22-4-2-20(16-23(22)30)18-36-27(42)35-7-1-9-39-11-8-34-19-39/h2-5,8,11,16-17,19H,1,6-7,9-10,12-15,18H2,(H,37,41)(H2,35,36,42). The summed E-state index contributed by atoms with van der Waals surface area (Å²) in [5, 5.41) is 8.55. The highest BCUT2D eigenvalue weighted by atomic mass is 35.5. The molecule has 0 spiro atoms. The van der Waals surface area contributed by atoms with Crippen LogP contribution >= 0.6 is 11.6 Å². The fourth-order valence-corrected chi connectivity index (χ4v) is 4.71. The van der Waals surface area contributed by atoms with Crippen LogP contribution in [0, 0.1) is 5.82 Å². The monoisotopic (exact) mass is 609 g/mol. The SMILES string of the molecule is O=C(NCCCn1ccnc1)NCc1ccc(C(=O)Nc2ccc(Cl)cc2N2CCN(CCC(F)(F)F)CC2)c(F)c1. The summed E-state index contributed by atoms with van der Waals surface area (Å²) in [4.78, 5) is 32.7. The number of carbonyl (C=O) groups is 2. The lowest BCUT2D eigenvalue weighted by Crippen LogP contribution is -2.47. The minimum atomic E-state index is -4.21. The van der Waals surface area contributed by atoms with Gasteiger partial charge in [-0.2, -0.15) is 13.2 Å². The van der Waals surface area contributed by atoms with E-state index < -0.39 is 24.3 Å². The van der Waals surface area contributed by atoms with Gasteiger partial charge in [-0.1, -0.05) is 17.7 Å². The zero-order chi connectivity index (χ0) is 30.1. The van der Waals surface area contributed by atoms with Crippen molar-refractivity contribution in [3.63, 3.8) is 0 Å². The average molecular weight is 610 g/mol. The predicted octanol–water partition coefficient (Wildman–Crippen LogP) is 4.89. The molecule has 1 saturated heterocycles. The topological polar surface area (TPSA) is 94.5 Å². The number of piperazine rings is 1. The number of amides is 3. The molecule has 2 heterocycles. The number of hydrogen-bond donors (Lipinski definition) is 3. The number of halogens is 5. The molecule has 1 aliphatic rings. The van der Waals surface area contributed by atoms with Crippen LogP contribution in [0.5, 0.6) is 0 Å². The van der Waals surface area contributed by atoms with Crippen LogP contribution in [-0.4, -0.2) is 71.8 Å². The molecule has 42 heavy (non-hydrogen) atoms. The molecule has 4 rings (SSSR count). The molecule has 3 N–H and O–H groups in total. The van der Waals surface area contributed by atoms with Crippen LogP contribution in [-0.2, 0) is 13.1 Å². The lowest BCUT2D eigenvalue weighted by Gasteiger charge is -2.37. The Morgan fingerprint density at radius 3 is 2.48 bits per heavy atom. The van der Waals surface area contributed by atoms with Crippen LogP contribution in [0.4, 0.5) is 33.7 Å². The smallest absolute Gasteiger partial charge is 0.367 e. The highest BCUT2D eigenvalue weighted by Gasteiger charge is 2.29. The number of benzene rings is 2. The van der Waals surface area contributed by atoms with E-state index in [2.05, 4.69) is 20.9 Å². The van der Waals surface area contributed by atoms with E-state index in [4.69, 9.17) is 11.6 Å². The third-order valence-electron chi connectivity index (χ3n) is 6.80. The summed E-state index contributed by atoms with van der Waals surface area (Å²) in [5.74, 6) is -1.42. The van der Waals surface area contributed by atoms with Crippen molar-refractivity contribution in [3.05, 3.63) is 77.1 Å². The molecule has 0 aliphatic carbocycles. The molecule has 0 radical (unpaired) electrons. The maximum Gasteiger partial charge on any atom is 0.390 e. The van der Waals surface area contributed by atoms with Gasteiger partial charge < -0.3 is 25.4 Å². The van der Waals surface area contributed by atoms with Gasteiger partial charge in [0.25, 0.3) is 5.91 Å². The zero-order valence-corrected chi connectivity index (χ0v) is 23.5. The molecule has 2 aromatic carbocycles. The number of nitrogens with one attached hydrogen (secondary N) is 3. The molecule has 1 fully saturated rings. The Kier molecular flexibility index (Phi) is 10.6. The Morgan fingerprint density at radius 1 is 1.00 bits per heavy atom. The first-order chi connectivity index (χ1) is 20.1. The van der Waals surface area contributed by atoms with Gasteiger partial charge in [0, 0.05) is 69.8 Å². The van der Waals surface area contributed by atoms with E-state index >= 15 is 0 Å². The van der Waals surface area contributed by atoms with Crippen molar-refractivity contribution in [3.8, 4) is 0 Å². The van der Waals surface area contributed by atoms with Crippen molar-refractivity contribution in [2.75, 3.05) is 49.5 Å². The van der Waals surface area contributed by atoms with Gasteiger partial charge in [-0.15, -0.1) is 0 Å². The quantitative estimate of drug-likeness (QED) is 0.213. The first-order valence-electron chi connectivity index (χ1n) is 13.5. The first kappa shape index (κ1) is 31.1. The maximum atomic E-state index is 14.9. The van der Waals surface area contributed by atoms with E-state index in [1.165, 1.54) is 12.1 Å². The van der Waals surface area contributed by atoms with E-state index in [0.29, 0.717) is 61.2 Å². The molecule has 9 nitrogen and oxygen atoms in total. The van der Waals surface area contributed by atoms with Crippen molar-refractivity contribution in [1.29, 1.82) is 0 Å². The lowest BCUT2D eigenvalue weighted by molar-refractivity contribution is -0.138. The molecule has 0 unspecified atom stereocenters. The summed E-state index contributed by atoms with van der Waals surface area (Å²) in [7, 11) is 0. The van der Waals surface area contributed by atoms with Crippen LogP contribution in [0.2, 0.25) is 5.02 Å². The highest BCUT2D eigenvalue weighted by molar-refractivity contribution is 6.31. The van der Waals surface area contributed by atoms with Gasteiger partial charge >= 0.3 is 12.2 Å². The zero-order valence-electron chi connectivity index (χ0n) is 22.8. The number of carbonyl (C=O) groups excluding carboxylic acids is 2. The van der Waals surface area contributed by atoms with Crippen LogP contribution in [0.3, 0.4) is 0 Å². The molecule has 0 saturated carbocycles. The Hall–Kier alpha value is -3.84. The second-order valence-corrected chi connectivity index (χ2v) is 10.3. The van der Waals surface area contributed by atoms with E-state index in [1.807, 2.05) is 15.7 Å². The average Bonchev–Trinajstić information content (AvgIpc) is 3.48. The maximum absolute atomic E-state index is 14.9. The number of anilines is 2. The van der Waals surface area contributed by atoms with Gasteiger partial charge in [-0.25, -0.2) is 14.2 Å². The van der Waals surface area contributed by atoms with E-state index in [-0.39, 0.29) is 24.7 Å². The fourth-order valence-electron chi connectivity index (χ4n) is 4.54. The fraction of sp³-hybridized carbons (Fsp3) is 0.393. The number of hydrogen-bond acceptors (Lipinski definition) is 5. The van der Waals surface area contributed by atoms with Gasteiger partial charge in [0.1, 0.15) is 5.82 Å². The Morgan fingerprint density at radius 2 is 1.79 bits per heavy atom. The summed E-state index contributed by atoms with van der Waals surface area (Å²) in [6.45, 7) is 2.89. The minimum absolute atomic E-state index is 0.0705. The third-order valence-corrected chi connectivity index (χ3v) is 7.04. The molecule has 1 aliphatic heterocycles. The van der Waals surface area contributed by atoms with Crippen molar-refractivity contribution in [2.24, 2.45) is 0 Å². The third kappa shape index (κ3) is 9.35. The van der Waals surface area contributed by atoms with Gasteiger partial charge in [0.05, 0.1) is 29.7 Å². The number of nitrogens with zero attached hydrogens (tertiary/aromatic N) is 4. The van der Waals surface area contributed by atoms with E-state index in [0.717, 1.165) is 6.42 Å². The van der Waals surface area contributed by atoms with Crippen molar-refractivity contribution >= 4 is 34.9 Å². The number of imidazole rings is 1. The Bertz CT molecular complexity index is 1350. The van der Waals surface area contributed by atoms with Crippen LogP contribution in [0.1, 0.15) is 28.8 Å². The van der Waals surface area contributed by atoms with Crippen LogP contribution in [0.25, 0.3) is 0 Å². The number of rotatable bonds is 11. The predicted molar refractivity (Wildman–Crippen MR) is 152 cm³/mol.